The molecule has 2 amide bonds. The van der Waals surface area contributed by atoms with Crippen LogP contribution < -0.4 is 15.1 Å². The van der Waals surface area contributed by atoms with Gasteiger partial charge in [0.2, 0.25) is 0 Å². The summed E-state index contributed by atoms with van der Waals surface area (Å²) in [5, 5.41) is 17.4. The second-order valence-corrected chi connectivity index (χ2v) is 13.0. The van der Waals surface area contributed by atoms with Crippen molar-refractivity contribution in [2.75, 3.05) is 11.1 Å². The molecule has 2 heterocycles. The van der Waals surface area contributed by atoms with E-state index < -0.39 is 12.0 Å². The quantitative estimate of drug-likeness (QED) is 0.235. The normalized spacial score (nSPS) is 18.4. The van der Waals surface area contributed by atoms with E-state index in [4.69, 9.17) is 23.2 Å². The van der Waals surface area contributed by atoms with Crippen molar-refractivity contribution < 1.29 is 19.5 Å². The van der Waals surface area contributed by atoms with Gasteiger partial charge in [0.15, 0.2) is 0 Å². The van der Waals surface area contributed by atoms with Gasteiger partial charge in [0.1, 0.15) is 0 Å². The van der Waals surface area contributed by atoms with Crippen LogP contribution in [-0.2, 0) is 16.1 Å². The maximum absolute atomic E-state index is 13.1. The van der Waals surface area contributed by atoms with E-state index in [-0.39, 0.29) is 37.8 Å². The van der Waals surface area contributed by atoms with Crippen LogP contribution in [0.25, 0.3) is 0 Å². The summed E-state index contributed by atoms with van der Waals surface area (Å²) in [7, 11) is 0. The average molecular weight is 647 g/mol. The van der Waals surface area contributed by atoms with E-state index in [0.29, 0.717) is 44.5 Å². The standard InChI is InChI=1S/C28H23Cl2N3O4SSe/c29-18-10-16(11-19(30)12-18)13-31-23-26(35)33-24(28(36)37)17(14-38-27(23)33)15-39-22-9-5-4-8-21(22)25(34)32-20-6-2-1-3-7-20/h1-12,23,27,31H,13-15H2,(H,32,34)(H,36,37)/t23-,27-/m1/s1. The van der Waals surface area contributed by atoms with Gasteiger partial charge >= 0.3 is 247 Å². The maximum atomic E-state index is 13.1. The Labute approximate surface area is 246 Å². The number of hydrogen-bond donors (Lipinski definition) is 3. The summed E-state index contributed by atoms with van der Waals surface area (Å²) in [5.41, 5.74) is 2.86. The molecule has 1 saturated heterocycles. The zero-order valence-corrected chi connectivity index (χ0v) is 24.4. The number of benzene rings is 3. The number of carbonyl (C=O) groups excluding carboxylic acids is 2. The van der Waals surface area contributed by atoms with Gasteiger partial charge in [-0.1, -0.05) is 0 Å². The topological polar surface area (TPSA) is 98.7 Å². The van der Waals surface area contributed by atoms with Crippen molar-refractivity contribution in [2.45, 2.75) is 23.3 Å². The van der Waals surface area contributed by atoms with Gasteiger partial charge in [-0.2, -0.15) is 0 Å². The summed E-state index contributed by atoms with van der Waals surface area (Å²) >= 11 is 13.5. The molecule has 0 aromatic heterocycles. The Morgan fingerprint density at radius 2 is 1.72 bits per heavy atom. The fourth-order valence-corrected chi connectivity index (χ4v) is 8.92. The third-order valence-electron chi connectivity index (χ3n) is 6.26. The first kappa shape index (κ1) is 27.8. The number of nitrogens with zero attached hydrogens (tertiary/aromatic N) is 1. The Hall–Kier alpha value is -2.78. The second-order valence-electron chi connectivity index (χ2n) is 8.91. The van der Waals surface area contributed by atoms with Crippen molar-refractivity contribution in [1.29, 1.82) is 0 Å². The molecule has 3 N–H and O–H groups in total. The van der Waals surface area contributed by atoms with Crippen LogP contribution in [0.1, 0.15) is 15.9 Å². The minimum absolute atomic E-state index is 0.0562. The fraction of sp³-hybridized carbons (Fsp3) is 0.179. The van der Waals surface area contributed by atoms with Crippen molar-refractivity contribution in [3.05, 3.63) is 105 Å². The summed E-state index contributed by atoms with van der Waals surface area (Å²) in [6.45, 7) is 0.380. The third-order valence-corrected chi connectivity index (χ3v) is 10.5. The molecule has 2 atom stereocenters. The van der Waals surface area contributed by atoms with Gasteiger partial charge in [0.25, 0.3) is 0 Å². The van der Waals surface area contributed by atoms with Gasteiger partial charge in [-0.15, -0.1) is 0 Å². The van der Waals surface area contributed by atoms with Crippen LogP contribution in [0.5, 0.6) is 0 Å². The predicted molar refractivity (Wildman–Crippen MR) is 156 cm³/mol. The molecular weight excluding hydrogens is 624 g/mol. The van der Waals surface area contributed by atoms with Crippen molar-refractivity contribution in [3.8, 4) is 0 Å². The van der Waals surface area contributed by atoms with Gasteiger partial charge in [-0.25, -0.2) is 0 Å². The van der Waals surface area contributed by atoms with Crippen molar-refractivity contribution >= 4 is 77.9 Å². The monoisotopic (exact) mass is 647 g/mol. The number of hydrogen-bond acceptors (Lipinski definition) is 5. The Balaban J connectivity index is 1.28. The fourth-order valence-electron chi connectivity index (χ4n) is 4.46. The first-order chi connectivity index (χ1) is 18.8. The predicted octanol–water partition coefficient (Wildman–Crippen LogP) is 4.41. The number of para-hydroxylation sites is 1. The molecule has 0 aliphatic carbocycles. The second kappa shape index (κ2) is 12.2. The molecule has 0 spiro atoms. The van der Waals surface area contributed by atoms with Crippen LogP contribution in [-0.4, -0.2) is 59.9 Å². The number of nitrogens with one attached hydrogen (secondary N) is 2. The number of β-lactam (4-membered cyclic amide) rings is 1. The Morgan fingerprint density at radius 3 is 2.44 bits per heavy atom. The molecule has 2 aliphatic heterocycles. The molecule has 3 aromatic rings. The van der Waals surface area contributed by atoms with Crippen LogP contribution in [0, 0.1) is 0 Å². The van der Waals surface area contributed by atoms with Crippen LogP contribution >= 0.6 is 35.0 Å². The average Bonchev–Trinajstić information content (AvgIpc) is 2.91. The van der Waals surface area contributed by atoms with Crippen LogP contribution in [0.4, 0.5) is 5.69 Å². The molecule has 2 aliphatic rings. The number of carboxylic acid groups (broad SMARTS) is 1. The van der Waals surface area contributed by atoms with Crippen LogP contribution in [0.15, 0.2) is 84.1 Å². The summed E-state index contributed by atoms with van der Waals surface area (Å²) in [5.74, 6) is -1.10. The van der Waals surface area contributed by atoms with Crippen molar-refractivity contribution in [2.24, 2.45) is 0 Å². The van der Waals surface area contributed by atoms with E-state index in [1.54, 1.807) is 36.0 Å². The van der Waals surface area contributed by atoms with Gasteiger partial charge in [-0.05, 0) is 0 Å². The van der Waals surface area contributed by atoms with Crippen molar-refractivity contribution in [3.63, 3.8) is 0 Å². The molecule has 0 unspecified atom stereocenters. The first-order valence-electron chi connectivity index (χ1n) is 12.0. The van der Waals surface area contributed by atoms with Crippen LogP contribution in [0.2, 0.25) is 15.4 Å². The molecule has 11 heteroatoms. The number of carboxylic acids is 1. The number of anilines is 1. The third kappa shape index (κ3) is 6.19. The van der Waals surface area contributed by atoms with E-state index in [9.17, 15) is 19.5 Å². The summed E-state index contributed by atoms with van der Waals surface area (Å²) in [6.07, 6.45) is 0. The number of thioether (sulfide) groups is 1. The Kier molecular flexibility index (Phi) is 8.66. The number of carbonyl (C=O) groups is 3. The zero-order valence-electron chi connectivity index (χ0n) is 20.4. The number of amides is 2. The van der Waals surface area contributed by atoms with E-state index >= 15 is 0 Å². The molecular formula is C28H23Cl2N3O4SSe. The van der Waals surface area contributed by atoms with Gasteiger partial charge in [0.05, 0.1) is 0 Å². The van der Waals surface area contributed by atoms with E-state index in [1.165, 1.54) is 4.90 Å². The molecule has 3 aromatic carbocycles. The molecule has 0 bridgehead atoms. The van der Waals surface area contributed by atoms with Gasteiger partial charge in [-0.3, -0.25) is 0 Å². The Morgan fingerprint density at radius 1 is 1.03 bits per heavy atom. The van der Waals surface area contributed by atoms with Crippen LogP contribution in [0.3, 0.4) is 0 Å². The minimum atomic E-state index is -1.12. The SMILES string of the molecule is O=C(O)C1=C(C[Se]c2ccccc2C(=O)Nc2ccccc2)CS[C@@H]2[C@H](NCc3cc(Cl)cc(Cl)c3)C(=O)N12. The number of fused-ring (bicyclic) bond motifs is 1. The molecule has 0 saturated carbocycles. The van der Waals surface area contributed by atoms with Gasteiger partial charge in [0, 0.05) is 0 Å². The molecule has 7 nitrogen and oxygen atoms in total. The van der Waals surface area contributed by atoms with E-state index in [1.807, 2.05) is 48.5 Å². The summed E-state index contributed by atoms with van der Waals surface area (Å²) in [4.78, 5) is 39.7. The van der Waals surface area contributed by atoms with Gasteiger partial charge < -0.3 is 0 Å². The summed E-state index contributed by atoms with van der Waals surface area (Å²) in [6, 6.07) is 21.3. The number of rotatable bonds is 9. The zero-order chi connectivity index (χ0) is 27.5. The Bertz CT molecular complexity index is 1450. The molecule has 1 fully saturated rings. The van der Waals surface area contributed by atoms with Crippen molar-refractivity contribution in [1.82, 2.24) is 10.2 Å². The van der Waals surface area contributed by atoms with E-state index in [0.717, 1.165) is 10.0 Å². The molecule has 0 radical (unpaired) electrons. The molecule has 200 valence electrons. The van der Waals surface area contributed by atoms with E-state index in [2.05, 4.69) is 10.6 Å². The first-order valence-corrected chi connectivity index (χ1v) is 15.9. The molecule has 5 rings (SSSR count). The molecule has 39 heavy (non-hydrogen) atoms. The number of halogens is 2. The summed E-state index contributed by atoms with van der Waals surface area (Å²) < 4.78 is 0.873. The number of aliphatic carboxylic acids is 1.